The van der Waals surface area contributed by atoms with Crippen LogP contribution in [0.25, 0.3) is 5.69 Å². The van der Waals surface area contributed by atoms with Gasteiger partial charge in [-0.1, -0.05) is 48.9 Å². The second-order valence-corrected chi connectivity index (χ2v) is 8.84. The first-order valence-corrected chi connectivity index (χ1v) is 11.6. The molecule has 6 nitrogen and oxygen atoms in total. The summed E-state index contributed by atoms with van der Waals surface area (Å²) in [6.45, 7) is 1.13. The van der Waals surface area contributed by atoms with Gasteiger partial charge < -0.3 is 14.8 Å². The predicted molar refractivity (Wildman–Crippen MR) is 120 cm³/mol. The summed E-state index contributed by atoms with van der Waals surface area (Å²) in [6.07, 6.45) is 7.74. The number of rotatable bonds is 6. The lowest BCUT2D eigenvalue weighted by Gasteiger charge is -2.32. The number of carbonyl (C=O) groups is 1. The molecule has 2 aliphatic rings. The van der Waals surface area contributed by atoms with Gasteiger partial charge in [0.1, 0.15) is 13.2 Å². The van der Waals surface area contributed by atoms with Gasteiger partial charge in [-0.15, -0.1) is 0 Å². The molecule has 160 valence electrons. The van der Waals surface area contributed by atoms with E-state index in [1.54, 1.807) is 6.20 Å². The van der Waals surface area contributed by atoms with Crippen molar-refractivity contribution in [1.82, 2.24) is 14.9 Å². The molecule has 0 radical (unpaired) electrons. The minimum atomic E-state index is -0.345. The number of imidazole rings is 1. The molecule has 1 saturated carbocycles. The average Bonchev–Trinajstić information content (AvgIpc) is 3.48. The highest BCUT2D eigenvalue weighted by Crippen LogP contribution is 2.42. The summed E-state index contributed by atoms with van der Waals surface area (Å²) < 4.78 is 13.4. The zero-order valence-corrected chi connectivity index (χ0v) is 18.1. The summed E-state index contributed by atoms with van der Waals surface area (Å²) in [5.74, 6) is 1.88. The van der Waals surface area contributed by atoms with E-state index in [1.807, 2.05) is 53.2 Å². The van der Waals surface area contributed by atoms with Crippen LogP contribution in [0.1, 0.15) is 31.2 Å². The van der Waals surface area contributed by atoms with Gasteiger partial charge in [0.15, 0.2) is 16.7 Å². The molecule has 0 saturated heterocycles. The van der Waals surface area contributed by atoms with Crippen LogP contribution in [0.2, 0.25) is 0 Å². The molecule has 0 bridgehead atoms. The van der Waals surface area contributed by atoms with Crippen molar-refractivity contribution in [2.24, 2.45) is 0 Å². The van der Waals surface area contributed by atoms with Gasteiger partial charge in [-0.05, 0) is 42.7 Å². The van der Waals surface area contributed by atoms with Gasteiger partial charge in [-0.25, -0.2) is 4.98 Å². The molecule has 0 atom stereocenters. The van der Waals surface area contributed by atoms with Crippen molar-refractivity contribution in [2.45, 2.75) is 36.4 Å². The van der Waals surface area contributed by atoms with Crippen LogP contribution in [0.3, 0.4) is 0 Å². The first-order chi connectivity index (χ1) is 15.2. The third-order valence-electron chi connectivity index (χ3n) is 5.90. The third-order valence-corrected chi connectivity index (χ3v) is 6.87. The van der Waals surface area contributed by atoms with E-state index in [0.29, 0.717) is 19.0 Å². The maximum atomic E-state index is 13.0. The van der Waals surface area contributed by atoms with Crippen LogP contribution in [-0.2, 0) is 10.3 Å². The quantitative estimate of drug-likeness (QED) is 0.584. The second-order valence-electron chi connectivity index (χ2n) is 7.90. The monoisotopic (exact) mass is 435 g/mol. The minimum Gasteiger partial charge on any atom is -0.486 e. The molecule has 2 heterocycles. The summed E-state index contributed by atoms with van der Waals surface area (Å²) in [5, 5.41) is 4.15. The van der Waals surface area contributed by atoms with Crippen molar-refractivity contribution in [3.8, 4) is 17.2 Å². The molecule has 1 aromatic heterocycles. The molecule has 1 fully saturated rings. The maximum Gasteiger partial charge on any atom is 0.231 e. The van der Waals surface area contributed by atoms with Gasteiger partial charge in [-0.2, -0.15) is 0 Å². The van der Waals surface area contributed by atoms with Crippen LogP contribution in [0.15, 0.2) is 66.1 Å². The molecule has 31 heavy (non-hydrogen) atoms. The Hall–Kier alpha value is -2.93. The van der Waals surface area contributed by atoms with Crippen LogP contribution < -0.4 is 14.8 Å². The standard InChI is InChI=1S/C24H25N3O3S/c28-22(17-31-23-25-12-13-27(23)19-6-2-1-3-7-19)26-24(10-4-5-11-24)18-8-9-20-21(16-18)30-15-14-29-20/h1-3,6-9,12-13,16H,4-5,10-11,14-15,17H2,(H,26,28). The van der Waals surface area contributed by atoms with Crippen molar-refractivity contribution in [1.29, 1.82) is 0 Å². The minimum absolute atomic E-state index is 0.0180. The van der Waals surface area contributed by atoms with E-state index in [9.17, 15) is 4.79 Å². The molecule has 0 spiro atoms. The van der Waals surface area contributed by atoms with Crippen molar-refractivity contribution >= 4 is 17.7 Å². The van der Waals surface area contributed by atoms with Gasteiger partial charge in [0.05, 0.1) is 11.3 Å². The largest absolute Gasteiger partial charge is 0.486 e. The van der Waals surface area contributed by atoms with Gasteiger partial charge in [0, 0.05) is 18.1 Å². The Labute approximate surface area is 186 Å². The molecule has 1 N–H and O–H groups in total. The molecule has 1 aliphatic heterocycles. The lowest BCUT2D eigenvalue weighted by molar-refractivity contribution is -0.120. The number of benzene rings is 2. The summed E-state index contributed by atoms with van der Waals surface area (Å²) in [7, 11) is 0. The maximum absolute atomic E-state index is 13.0. The van der Waals surface area contributed by atoms with E-state index < -0.39 is 0 Å². The molecule has 7 heteroatoms. The number of para-hydroxylation sites is 1. The molecule has 3 aromatic rings. The smallest absolute Gasteiger partial charge is 0.231 e. The van der Waals surface area contributed by atoms with E-state index in [4.69, 9.17) is 9.47 Å². The van der Waals surface area contributed by atoms with E-state index >= 15 is 0 Å². The molecular formula is C24H25N3O3S. The van der Waals surface area contributed by atoms with E-state index in [0.717, 1.165) is 53.6 Å². The summed E-state index contributed by atoms with van der Waals surface area (Å²) in [6, 6.07) is 16.1. The molecule has 1 aliphatic carbocycles. The number of fused-ring (bicyclic) bond motifs is 1. The fourth-order valence-electron chi connectivity index (χ4n) is 4.42. The van der Waals surface area contributed by atoms with E-state index in [-0.39, 0.29) is 11.4 Å². The van der Waals surface area contributed by atoms with Gasteiger partial charge >= 0.3 is 0 Å². The normalized spacial score (nSPS) is 16.8. The first kappa shape index (κ1) is 20.0. The van der Waals surface area contributed by atoms with Crippen LogP contribution >= 0.6 is 11.8 Å². The number of hydrogen-bond acceptors (Lipinski definition) is 5. The Morgan fingerprint density at radius 1 is 1.06 bits per heavy atom. The third kappa shape index (κ3) is 4.14. The van der Waals surface area contributed by atoms with Crippen molar-refractivity contribution in [2.75, 3.05) is 19.0 Å². The zero-order valence-electron chi connectivity index (χ0n) is 17.3. The number of nitrogens with zero attached hydrogens (tertiary/aromatic N) is 2. The van der Waals surface area contributed by atoms with Gasteiger partial charge in [0.2, 0.25) is 5.91 Å². The highest BCUT2D eigenvalue weighted by molar-refractivity contribution is 7.99. The lowest BCUT2D eigenvalue weighted by Crippen LogP contribution is -2.44. The van der Waals surface area contributed by atoms with Crippen molar-refractivity contribution < 1.29 is 14.3 Å². The predicted octanol–water partition coefficient (Wildman–Crippen LogP) is 4.32. The topological polar surface area (TPSA) is 65.4 Å². The molecule has 1 amide bonds. The van der Waals surface area contributed by atoms with Crippen LogP contribution in [0, 0.1) is 0 Å². The number of aromatic nitrogens is 2. The number of carbonyl (C=O) groups excluding carboxylic acids is 1. The lowest BCUT2D eigenvalue weighted by atomic mass is 9.87. The Morgan fingerprint density at radius 2 is 1.84 bits per heavy atom. The van der Waals surface area contributed by atoms with Gasteiger partial charge in [0.25, 0.3) is 0 Å². The second kappa shape index (κ2) is 8.67. The van der Waals surface area contributed by atoms with E-state index in [2.05, 4.69) is 16.4 Å². The molecule has 0 unspecified atom stereocenters. The Morgan fingerprint density at radius 3 is 2.65 bits per heavy atom. The summed E-state index contributed by atoms with van der Waals surface area (Å²) >= 11 is 1.45. The van der Waals surface area contributed by atoms with Crippen molar-refractivity contribution in [3.63, 3.8) is 0 Å². The number of hydrogen-bond donors (Lipinski definition) is 1. The fraction of sp³-hybridized carbons (Fsp3) is 0.333. The number of ether oxygens (including phenoxy) is 2. The summed E-state index contributed by atoms with van der Waals surface area (Å²) in [5.41, 5.74) is 1.78. The first-order valence-electron chi connectivity index (χ1n) is 10.7. The Kier molecular flexibility index (Phi) is 5.59. The van der Waals surface area contributed by atoms with Gasteiger partial charge in [-0.3, -0.25) is 9.36 Å². The SMILES string of the molecule is O=C(CSc1nccn1-c1ccccc1)NC1(c2ccc3c(c2)OCCO3)CCCC1. The Bertz CT molecular complexity index is 1060. The zero-order chi connectivity index (χ0) is 21.1. The molecule has 2 aromatic carbocycles. The summed E-state index contributed by atoms with van der Waals surface area (Å²) in [4.78, 5) is 17.4. The highest BCUT2D eigenvalue weighted by atomic mass is 32.2. The number of amides is 1. The highest BCUT2D eigenvalue weighted by Gasteiger charge is 2.37. The average molecular weight is 436 g/mol. The van der Waals surface area contributed by atoms with Crippen LogP contribution in [0.5, 0.6) is 11.5 Å². The molecular weight excluding hydrogens is 410 g/mol. The number of nitrogens with one attached hydrogen (secondary N) is 1. The Balaban J connectivity index is 1.30. The molecule has 5 rings (SSSR count). The van der Waals surface area contributed by atoms with E-state index in [1.165, 1.54) is 11.8 Å². The number of thioether (sulfide) groups is 1. The fourth-order valence-corrected chi connectivity index (χ4v) is 5.19. The van der Waals surface area contributed by atoms with Crippen molar-refractivity contribution in [3.05, 3.63) is 66.5 Å². The van der Waals surface area contributed by atoms with Crippen LogP contribution in [0.4, 0.5) is 0 Å². The van der Waals surface area contributed by atoms with Crippen LogP contribution in [-0.4, -0.2) is 34.4 Å².